The zero-order valence-corrected chi connectivity index (χ0v) is 13.1. The van der Waals surface area contributed by atoms with Gasteiger partial charge in [0.2, 0.25) is 0 Å². The Hall–Kier alpha value is -1.06. The van der Waals surface area contributed by atoms with Crippen molar-refractivity contribution in [2.45, 2.75) is 37.5 Å². The highest BCUT2D eigenvalue weighted by Gasteiger charge is 2.34. The normalized spacial score (nSPS) is 24.2. The topological polar surface area (TPSA) is 40.5 Å². The summed E-state index contributed by atoms with van der Waals surface area (Å²) >= 11 is 6.50. The second-order valence-electron chi connectivity index (χ2n) is 6.57. The van der Waals surface area contributed by atoms with Crippen LogP contribution in [0.15, 0.2) is 18.2 Å². The van der Waals surface area contributed by atoms with Gasteiger partial charge in [-0.1, -0.05) is 23.7 Å². The Bertz CT molecular complexity index is 542. The van der Waals surface area contributed by atoms with Crippen molar-refractivity contribution in [3.63, 3.8) is 0 Å². The van der Waals surface area contributed by atoms with Crippen LogP contribution in [-0.4, -0.2) is 36.1 Å². The molecule has 0 aromatic heterocycles. The second-order valence-corrected chi connectivity index (χ2v) is 6.98. The Morgan fingerprint density at radius 2 is 2.19 bits per heavy atom. The van der Waals surface area contributed by atoms with Crippen LogP contribution in [0.3, 0.4) is 0 Å². The van der Waals surface area contributed by atoms with E-state index in [9.17, 15) is 4.79 Å². The highest BCUT2D eigenvalue weighted by Crippen LogP contribution is 2.45. The number of likely N-dealkylation sites (tertiary alicyclic amines) is 1. The fourth-order valence-corrected chi connectivity index (χ4v) is 3.88. The summed E-state index contributed by atoms with van der Waals surface area (Å²) in [5, 5.41) is 9.92. The van der Waals surface area contributed by atoms with Crippen LogP contribution >= 0.6 is 11.6 Å². The fourth-order valence-electron chi connectivity index (χ4n) is 3.54. The average molecular weight is 308 g/mol. The summed E-state index contributed by atoms with van der Waals surface area (Å²) in [6.45, 7) is 2.17. The standard InChI is InChI=1S/C17H22ClNO2/c1-19-7-6-13(10-19)14-5-4-12(8-16(14)18)15(9-17(20)21)11-2-3-11/h4-5,8,11,13,15H,2-3,6-7,9-10H2,1H3,(H,20,21). The van der Waals surface area contributed by atoms with E-state index in [0.29, 0.717) is 11.8 Å². The summed E-state index contributed by atoms with van der Waals surface area (Å²) in [6.07, 6.45) is 3.65. The molecule has 3 rings (SSSR count). The molecule has 0 radical (unpaired) electrons. The molecule has 0 amide bonds. The number of hydrogen-bond acceptors (Lipinski definition) is 2. The average Bonchev–Trinajstić information content (AvgIpc) is 3.18. The molecule has 0 bridgehead atoms. The smallest absolute Gasteiger partial charge is 0.303 e. The fraction of sp³-hybridized carbons (Fsp3) is 0.588. The number of aliphatic carboxylic acids is 1. The highest BCUT2D eigenvalue weighted by atomic mass is 35.5. The van der Waals surface area contributed by atoms with Crippen LogP contribution < -0.4 is 0 Å². The van der Waals surface area contributed by atoms with Gasteiger partial charge >= 0.3 is 5.97 Å². The quantitative estimate of drug-likeness (QED) is 0.901. The minimum atomic E-state index is -0.718. The molecular formula is C17H22ClNO2. The minimum Gasteiger partial charge on any atom is -0.481 e. The third kappa shape index (κ3) is 3.41. The van der Waals surface area contributed by atoms with E-state index in [-0.39, 0.29) is 12.3 Å². The lowest BCUT2D eigenvalue weighted by Gasteiger charge is -2.18. The summed E-state index contributed by atoms with van der Waals surface area (Å²) in [7, 11) is 2.14. The first-order valence-corrected chi connectivity index (χ1v) is 8.12. The molecule has 1 saturated carbocycles. The van der Waals surface area contributed by atoms with Gasteiger partial charge in [-0.15, -0.1) is 0 Å². The third-order valence-corrected chi connectivity index (χ3v) is 5.20. The number of nitrogens with zero attached hydrogens (tertiary/aromatic N) is 1. The highest BCUT2D eigenvalue weighted by molar-refractivity contribution is 6.31. The van der Waals surface area contributed by atoms with E-state index in [2.05, 4.69) is 24.1 Å². The first-order chi connectivity index (χ1) is 10.0. The van der Waals surface area contributed by atoms with Crippen molar-refractivity contribution in [3.8, 4) is 0 Å². The predicted octanol–water partition coefficient (Wildman–Crippen LogP) is 3.73. The summed E-state index contributed by atoms with van der Waals surface area (Å²) in [5.41, 5.74) is 2.31. The first-order valence-electron chi connectivity index (χ1n) is 7.74. The molecule has 21 heavy (non-hydrogen) atoms. The van der Waals surface area contributed by atoms with Crippen LogP contribution in [0.4, 0.5) is 0 Å². The van der Waals surface area contributed by atoms with Crippen LogP contribution in [0.5, 0.6) is 0 Å². The molecule has 2 unspecified atom stereocenters. The maximum Gasteiger partial charge on any atom is 0.303 e. The van der Waals surface area contributed by atoms with Crippen LogP contribution in [0.2, 0.25) is 5.02 Å². The number of likely N-dealkylation sites (N-methyl/N-ethyl adjacent to an activating group) is 1. The van der Waals surface area contributed by atoms with Gasteiger partial charge in [0.1, 0.15) is 0 Å². The number of hydrogen-bond donors (Lipinski definition) is 1. The van der Waals surface area contributed by atoms with Crippen molar-refractivity contribution < 1.29 is 9.90 Å². The van der Waals surface area contributed by atoms with E-state index in [0.717, 1.165) is 42.9 Å². The molecule has 4 heteroatoms. The molecule has 1 aliphatic heterocycles. The van der Waals surface area contributed by atoms with Gasteiger partial charge in [0.15, 0.2) is 0 Å². The summed E-state index contributed by atoms with van der Waals surface area (Å²) in [5.74, 6) is 0.445. The maximum absolute atomic E-state index is 11.1. The van der Waals surface area contributed by atoms with Crippen molar-refractivity contribution in [2.24, 2.45) is 5.92 Å². The van der Waals surface area contributed by atoms with Gasteiger partial charge in [0, 0.05) is 11.6 Å². The molecule has 1 N–H and O–H groups in total. The molecular weight excluding hydrogens is 286 g/mol. The summed E-state index contributed by atoms with van der Waals surface area (Å²) < 4.78 is 0. The Morgan fingerprint density at radius 1 is 1.43 bits per heavy atom. The Kier molecular flexibility index (Phi) is 4.23. The molecule has 1 saturated heterocycles. The molecule has 1 heterocycles. The molecule has 0 spiro atoms. The summed E-state index contributed by atoms with van der Waals surface area (Å²) in [4.78, 5) is 13.4. The third-order valence-electron chi connectivity index (χ3n) is 4.87. The van der Waals surface area contributed by atoms with Gasteiger partial charge in [-0.05, 0) is 67.8 Å². The van der Waals surface area contributed by atoms with Crippen LogP contribution in [0, 0.1) is 5.92 Å². The number of benzene rings is 1. The van der Waals surface area contributed by atoms with Gasteiger partial charge in [-0.25, -0.2) is 0 Å². The minimum absolute atomic E-state index is 0.125. The molecule has 1 aromatic rings. The van der Waals surface area contributed by atoms with Gasteiger partial charge in [0.25, 0.3) is 0 Å². The molecule has 1 aromatic carbocycles. The Balaban J connectivity index is 1.81. The number of carboxylic acid groups (broad SMARTS) is 1. The van der Waals surface area contributed by atoms with Crippen molar-refractivity contribution >= 4 is 17.6 Å². The molecule has 3 nitrogen and oxygen atoms in total. The van der Waals surface area contributed by atoms with Crippen molar-refractivity contribution in [3.05, 3.63) is 34.3 Å². The summed E-state index contributed by atoms with van der Waals surface area (Å²) in [6, 6.07) is 6.24. The van der Waals surface area contributed by atoms with E-state index in [4.69, 9.17) is 16.7 Å². The Labute approximate surface area is 130 Å². The van der Waals surface area contributed by atoms with Crippen LogP contribution in [-0.2, 0) is 4.79 Å². The van der Waals surface area contributed by atoms with Gasteiger partial charge < -0.3 is 10.0 Å². The number of rotatable bonds is 5. The van der Waals surface area contributed by atoms with E-state index in [1.54, 1.807) is 0 Å². The first kappa shape index (κ1) is 14.9. The van der Waals surface area contributed by atoms with Gasteiger partial charge in [-0.3, -0.25) is 4.79 Å². The molecule has 2 atom stereocenters. The molecule has 2 fully saturated rings. The lowest BCUT2D eigenvalue weighted by atomic mass is 9.88. The van der Waals surface area contributed by atoms with Gasteiger partial charge in [-0.2, -0.15) is 0 Å². The lowest BCUT2D eigenvalue weighted by molar-refractivity contribution is -0.137. The van der Waals surface area contributed by atoms with Crippen molar-refractivity contribution in [2.75, 3.05) is 20.1 Å². The van der Waals surface area contributed by atoms with Gasteiger partial charge in [0.05, 0.1) is 6.42 Å². The molecule has 2 aliphatic rings. The number of halogens is 1. The van der Waals surface area contributed by atoms with Crippen LogP contribution in [0.25, 0.3) is 0 Å². The SMILES string of the molecule is CN1CCC(c2ccc(C(CC(=O)O)C3CC3)cc2Cl)C1. The van der Waals surface area contributed by atoms with E-state index >= 15 is 0 Å². The van der Waals surface area contributed by atoms with E-state index < -0.39 is 5.97 Å². The number of carbonyl (C=O) groups is 1. The largest absolute Gasteiger partial charge is 0.481 e. The van der Waals surface area contributed by atoms with Crippen LogP contribution in [0.1, 0.15) is 48.6 Å². The lowest BCUT2D eigenvalue weighted by Crippen LogP contribution is -2.13. The van der Waals surface area contributed by atoms with Crippen molar-refractivity contribution in [1.82, 2.24) is 4.90 Å². The van der Waals surface area contributed by atoms with Crippen molar-refractivity contribution in [1.29, 1.82) is 0 Å². The zero-order valence-electron chi connectivity index (χ0n) is 12.4. The molecule has 114 valence electrons. The van der Waals surface area contributed by atoms with E-state index in [1.807, 2.05) is 6.07 Å². The number of carboxylic acids is 1. The monoisotopic (exact) mass is 307 g/mol. The predicted molar refractivity (Wildman–Crippen MR) is 84.0 cm³/mol. The van der Waals surface area contributed by atoms with E-state index in [1.165, 1.54) is 5.56 Å². The second kappa shape index (κ2) is 5.98. The zero-order chi connectivity index (χ0) is 15.0. The molecule has 1 aliphatic carbocycles. The maximum atomic E-state index is 11.1. The Morgan fingerprint density at radius 3 is 2.71 bits per heavy atom.